The SMILES string of the molecule is CC(=O)N1CCC2(CC1)C(=O)Nc1ncc(Br)cc12. The summed E-state index contributed by atoms with van der Waals surface area (Å²) in [6.45, 7) is 2.81. The van der Waals surface area contributed by atoms with E-state index in [2.05, 4.69) is 26.2 Å². The fourth-order valence-corrected chi connectivity index (χ4v) is 3.28. The van der Waals surface area contributed by atoms with Crippen LogP contribution in [-0.2, 0) is 15.0 Å². The standard InChI is InChI=1S/C13H14BrN3O2/c1-8(18)17-4-2-13(3-5-17)10-6-9(14)7-15-11(10)16-12(13)19/h6-7H,2-5H2,1H3,(H,15,16,19). The van der Waals surface area contributed by atoms with Crippen LogP contribution in [-0.4, -0.2) is 34.8 Å². The van der Waals surface area contributed by atoms with Crippen molar-refractivity contribution in [1.82, 2.24) is 9.88 Å². The van der Waals surface area contributed by atoms with Gasteiger partial charge in [0.1, 0.15) is 5.82 Å². The molecule has 0 unspecified atom stereocenters. The molecule has 1 fully saturated rings. The minimum Gasteiger partial charge on any atom is -0.343 e. The third kappa shape index (κ3) is 1.85. The number of hydrogen-bond donors (Lipinski definition) is 1. The van der Waals surface area contributed by atoms with Crippen LogP contribution in [0.1, 0.15) is 25.3 Å². The Balaban J connectivity index is 1.96. The fourth-order valence-electron chi connectivity index (χ4n) is 2.95. The summed E-state index contributed by atoms with van der Waals surface area (Å²) in [4.78, 5) is 29.8. The van der Waals surface area contributed by atoms with E-state index in [0.29, 0.717) is 31.7 Å². The van der Waals surface area contributed by atoms with Gasteiger partial charge in [-0.15, -0.1) is 0 Å². The van der Waals surface area contributed by atoms with Gasteiger partial charge in [-0.2, -0.15) is 0 Å². The number of piperidine rings is 1. The number of nitrogens with zero attached hydrogens (tertiary/aromatic N) is 2. The molecule has 1 N–H and O–H groups in total. The van der Waals surface area contributed by atoms with Gasteiger partial charge in [0, 0.05) is 36.2 Å². The number of pyridine rings is 1. The van der Waals surface area contributed by atoms with Gasteiger partial charge in [-0.1, -0.05) is 0 Å². The van der Waals surface area contributed by atoms with Gasteiger partial charge in [0.15, 0.2) is 0 Å². The van der Waals surface area contributed by atoms with E-state index < -0.39 is 5.41 Å². The number of carbonyl (C=O) groups excluding carboxylic acids is 2. The molecule has 2 amide bonds. The first-order valence-corrected chi connectivity index (χ1v) is 7.05. The number of nitrogens with one attached hydrogen (secondary N) is 1. The molecule has 1 saturated heterocycles. The summed E-state index contributed by atoms with van der Waals surface area (Å²) in [6, 6.07) is 1.96. The maximum Gasteiger partial charge on any atom is 0.236 e. The van der Waals surface area contributed by atoms with Gasteiger partial charge in [0.25, 0.3) is 0 Å². The van der Waals surface area contributed by atoms with E-state index in [4.69, 9.17) is 0 Å². The molecule has 2 aliphatic rings. The van der Waals surface area contributed by atoms with Crippen LogP contribution in [0.5, 0.6) is 0 Å². The van der Waals surface area contributed by atoms with Crippen molar-refractivity contribution in [3.05, 3.63) is 22.3 Å². The highest BCUT2D eigenvalue weighted by Crippen LogP contribution is 2.44. The molecule has 1 spiro atoms. The Hall–Kier alpha value is -1.43. The van der Waals surface area contributed by atoms with Gasteiger partial charge in [-0.05, 0) is 34.8 Å². The number of anilines is 1. The van der Waals surface area contributed by atoms with E-state index in [-0.39, 0.29) is 11.8 Å². The van der Waals surface area contributed by atoms with Crippen LogP contribution in [0, 0.1) is 0 Å². The number of carbonyl (C=O) groups is 2. The van der Waals surface area contributed by atoms with Gasteiger partial charge < -0.3 is 10.2 Å². The quantitative estimate of drug-likeness (QED) is 0.790. The predicted molar refractivity (Wildman–Crippen MR) is 73.7 cm³/mol. The van der Waals surface area contributed by atoms with E-state index in [1.54, 1.807) is 18.0 Å². The summed E-state index contributed by atoms with van der Waals surface area (Å²) in [5, 5.41) is 2.85. The summed E-state index contributed by atoms with van der Waals surface area (Å²) in [7, 11) is 0. The third-order valence-corrected chi connectivity index (χ3v) is 4.53. The largest absolute Gasteiger partial charge is 0.343 e. The smallest absolute Gasteiger partial charge is 0.236 e. The topological polar surface area (TPSA) is 62.3 Å². The van der Waals surface area contributed by atoms with Gasteiger partial charge in [-0.3, -0.25) is 9.59 Å². The highest BCUT2D eigenvalue weighted by atomic mass is 79.9. The van der Waals surface area contributed by atoms with Crippen LogP contribution in [0.25, 0.3) is 0 Å². The van der Waals surface area contributed by atoms with E-state index in [1.807, 2.05) is 6.07 Å². The van der Waals surface area contributed by atoms with Crippen LogP contribution in [0.15, 0.2) is 16.7 Å². The third-order valence-electron chi connectivity index (χ3n) is 4.10. The second-order valence-corrected chi connectivity index (χ2v) is 6.01. The molecule has 5 nitrogen and oxygen atoms in total. The Morgan fingerprint density at radius 3 is 2.79 bits per heavy atom. The lowest BCUT2D eigenvalue weighted by Crippen LogP contribution is -2.47. The van der Waals surface area contributed by atoms with Crippen LogP contribution in [0.2, 0.25) is 0 Å². The first kappa shape index (κ1) is 12.6. The summed E-state index contributed by atoms with van der Waals surface area (Å²) in [5.41, 5.74) is 0.438. The summed E-state index contributed by atoms with van der Waals surface area (Å²) in [6.07, 6.45) is 3.00. The van der Waals surface area contributed by atoms with Crippen molar-refractivity contribution in [2.24, 2.45) is 0 Å². The molecular formula is C13H14BrN3O2. The second-order valence-electron chi connectivity index (χ2n) is 5.09. The van der Waals surface area contributed by atoms with E-state index in [0.717, 1.165) is 10.0 Å². The molecular weight excluding hydrogens is 310 g/mol. The molecule has 3 rings (SSSR count). The number of hydrogen-bond acceptors (Lipinski definition) is 3. The molecule has 0 radical (unpaired) electrons. The van der Waals surface area contributed by atoms with Gasteiger partial charge >= 0.3 is 0 Å². The molecule has 19 heavy (non-hydrogen) atoms. The number of amides is 2. The second kappa shape index (κ2) is 4.30. The van der Waals surface area contributed by atoms with Crippen molar-refractivity contribution in [2.45, 2.75) is 25.2 Å². The molecule has 1 aromatic heterocycles. The Labute approximate surface area is 119 Å². The van der Waals surface area contributed by atoms with Gasteiger partial charge in [0.05, 0.1) is 5.41 Å². The first-order valence-electron chi connectivity index (χ1n) is 6.26. The molecule has 3 heterocycles. The molecule has 6 heteroatoms. The lowest BCUT2D eigenvalue weighted by atomic mass is 9.74. The number of halogens is 1. The minimum atomic E-state index is -0.516. The van der Waals surface area contributed by atoms with Gasteiger partial charge in [0.2, 0.25) is 11.8 Å². The molecule has 0 aromatic carbocycles. The average molecular weight is 324 g/mol. The molecule has 0 saturated carbocycles. The van der Waals surface area contributed by atoms with Crippen molar-refractivity contribution in [2.75, 3.05) is 18.4 Å². The molecule has 0 aliphatic carbocycles. The van der Waals surface area contributed by atoms with Crippen LogP contribution >= 0.6 is 15.9 Å². The van der Waals surface area contributed by atoms with Crippen molar-refractivity contribution < 1.29 is 9.59 Å². The average Bonchev–Trinajstić information content (AvgIpc) is 2.64. The molecule has 0 bridgehead atoms. The van der Waals surface area contributed by atoms with Crippen molar-refractivity contribution in [1.29, 1.82) is 0 Å². The Kier molecular flexibility index (Phi) is 2.85. The van der Waals surface area contributed by atoms with Gasteiger partial charge in [-0.25, -0.2) is 4.98 Å². The lowest BCUT2D eigenvalue weighted by Gasteiger charge is -2.37. The van der Waals surface area contributed by atoms with Crippen LogP contribution in [0.3, 0.4) is 0 Å². The highest BCUT2D eigenvalue weighted by molar-refractivity contribution is 9.10. The first-order chi connectivity index (χ1) is 9.03. The van der Waals surface area contributed by atoms with E-state index >= 15 is 0 Å². The number of likely N-dealkylation sites (tertiary alicyclic amines) is 1. The fraction of sp³-hybridized carbons (Fsp3) is 0.462. The Bertz CT molecular complexity index is 565. The minimum absolute atomic E-state index is 0.0105. The normalized spacial score (nSPS) is 20.3. The molecule has 100 valence electrons. The van der Waals surface area contributed by atoms with Crippen molar-refractivity contribution in [3.63, 3.8) is 0 Å². The number of rotatable bonds is 0. The molecule has 0 atom stereocenters. The Morgan fingerprint density at radius 2 is 2.16 bits per heavy atom. The maximum absolute atomic E-state index is 12.3. The summed E-state index contributed by atoms with van der Waals surface area (Å²) < 4.78 is 0.871. The van der Waals surface area contributed by atoms with Crippen molar-refractivity contribution >= 4 is 33.6 Å². The monoisotopic (exact) mass is 323 g/mol. The summed E-state index contributed by atoms with van der Waals surface area (Å²) >= 11 is 3.40. The molecule has 2 aliphatic heterocycles. The van der Waals surface area contributed by atoms with Crippen LogP contribution < -0.4 is 5.32 Å². The van der Waals surface area contributed by atoms with Crippen molar-refractivity contribution in [3.8, 4) is 0 Å². The van der Waals surface area contributed by atoms with E-state index in [1.165, 1.54) is 0 Å². The molecule has 1 aromatic rings. The van der Waals surface area contributed by atoms with E-state index in [9.17, 15) is 9.59 Å². The Morgan fingerprint density at radius 1 is 1.47 bits per heavy atom. The number of fused-ring (bicyclic) bond motifs is 2. The zero-order chi connectivity index (χ0) is 13.6. The lowest BCUT2D eigenvalue weighted by molar-refractivity contribution is -0.133. The zero-order valence-corrected chi connectivity index (χ0v) is 12.2. The zero-order valence-electron chi connectivity index (χ0n) is 10.6. The maximum atomic E-state index is 12.3. The number of aromatic nitrogens is 1. The predicted octanol–water partition coefficient (Wildman–Crippen LogP) is 1.68. The van der Waals surface area contributed by atoms with Crippen LogP contribution in [0.4, 0.5) is 5.82 Å². The highest BCUT2D eigenvalue weighted by Gasteiger charge is 2.49. The summed E-state index contributed by atoms with van der Waals surface area (Å²) in [5.74, 6) is 0.738.